The number of halogens is 2. The Balaban J connectivity index is 1.93. The summed E-state index contributed by atoms with van der Waals surface area (Å²) in [6, 6.07) is 17.6. The van der Waals surface area contributed by atoms with E-state index in [4.69, 9.17) is 32.7 Å². The second-order valence-corrected chi connectivity index (χ2v) is 7.81. The molecule has 31 heavy (non-hydrogen) atoms. The van der Waals surface area contributed by atoms with Gasteiger partial charge in [0.2, 0.25) is 6.23 Å². The molecular weight excluding hydrogens is 439 g/mol. The molecule has 1 heterocycles. The molecule has 2 atom stereocenters. The standard InChI is InChI=1S/C22H24Cl2N4O3/c1-22(12-23,13-24)19(31-21(29)25-2)20(28-15-26-14-27-28)30-18-10-8-17(9-11-18)16-6-4-3-5-7-16/h3-11,14-15,19-20H,12-13H2,1-2H3,(H,25,29). The topological polar surface area (TPSA) is 78.3 Å². The van der Waals surface area contributed by atoms with Crippen molar-refractivity contribution in [1.82, 2.24) is 20.1 Å². The number of alkyl carbamates (subject to hydrolysis) is 1. The van der Waals surface area contributed by atoms with E-state index in [9.17, 15) is 4.79 Å². The van der Waals surface area contributed by atoms with Crippen molar-refractivity contribution in [3.63, 3.8) is 0 Å². The van der Waals surface area contributed by atoms with Crippen molar-refractivity contribution >= 4 is 29.3 Å². The number of nitrogens with zero attached hydrogens (tertiary/aromatic N) is 3. The van der Waals surface area contributed by atoms with Crippen LogP contribution in [0.4, 0.5) is 4.79 Å². The Morgan fingerprint density at radius 3 is 2.29 bits per heavy atom. The largest absolute Gasteiger partial charge is 0.465 e. The number of amides is 1. The van der Waals surface area contributed by atoms with Gasteiger partial charge < -0.3 is 14.8 Å². The Labute approximate surface area is 191 Å². The summed E-state index contributed by atoms with van der Waals surface area (Å²) >= 11 is 12.5. The minimum absolute atomic E-state index is 0.139. The van der Waals surface area contributed by atoms with Crippen molar-refractivity contribution in [2.45, 2.75) is 19.3 Å². The highest BCUT2D eigenvalue weighted by Crippen LogP contribution is 2.36. The number of rotatable bonds is 9. The SMILES string of the molecule is CNC(=O)OC(C(Oc1ccc(-c2ccccc2)cc1)n1cncn1)C(C)(CCl)CCl. The highest BCUT2D eigenvalue weighted by molar-refractivity contribution is 6.21. The zero-order valence-corrected chi connectivity index (χ0v) is 18.8. The van der Waals surface area contributed by atoms with E-state index in [1.165, 1.54) is 24.4 Å². The second kappa shape index (κ2) is 10.5. The van der Waals surface area contributed by atoms with Crippen LogP contribution in [0.5, 0.6) is 5.75 Å². The predicted octanol–water partition coefficient (Wildman–Crippen LogP) is 4.73. The smallest absolute Gasteiger partial charge is 0.407 e. The van der Waals surface area contributed by atoms with Gasteiger partial charge in [-0.1, -0.05) is 49.4 Å². The molecule has 0 bridgehead atoms. The van der Waals surface area contributed by atoms with Gasteiger partial charge in [-0.25, -0.2) is 14.5 Å². The van der Waals surface area contributed by atoms with Crippen molar-refractivity contribution in [3.8, 4) is 16.9 Å². The lowest BCUT2D eigenvalue weighted by Crippen LogP contribution is -2.48. The highest BCUT2D eigenvalue weighted by atomic mass is 35.5. The summed E-state index contributed by atoms with van der Waals surface area (Å²) in [6.45, 7) is 1.83. The number of ether oxygens (including phenoxy) is 2. The Bertz CT molecular complexity index is 949. The fourth-order valence-corrected chi connectivity index (χ4v) is 3.60. The third-order valence-electron chi connectivity index (χ3n) is 4.91. The monoisotopic (exact) mass is 462 g/mol. The number of nitrogens with one attached hydrogen (secondary N) is 1. The van der Waals surface area contributed by atoms with Gasteiger partial charge in [-0.2, -0.15) is 5.10 Å². The Morgan fingerprint density at radius 2 is 1.74 bits per heavy atom. The number of aromatic nitrogens is 3. The Morgan fingerprint density at radius 1 is 1.10 bits per heavy atom. The quantitative estimate of drug-likeness (QED) is 0.465. The van der Waals surface area contributed by atoms with Crippen molar-refractivity contribution in [1.29, 1.82) is 0 Å². The van der Waals surface area contributed by atoms with Crippen LogP contribution in [-0.4, -0.2) is 45.8 Å². The normalized spacial score (nSPS) is 13.3. The lowest BCUT2D eigenvalue weighted by Gasteiger charge is -2.38. The first-order valence-electron chi connectivity index (χ1n) is 9.67. The van der Waals surface area contributed by atoms with Crippen LogP contribution in [0.2, 0.25) is 0 Å². The van der Waals surface area contributed by atoms with E-state index in [0.717, 1.165) is 11.1 Å². The number of hydrogen-bond acceptors (Lipinski definition) is 5. The van der Waals surface area contributed by atoms with Crippen LogP contribution in [0.3, 0.4) is 0 Å². The summed E-state index contributed by atoms with van der Waals surface area (Å²) < 4.78 is 13.4. The third-order valence-corrected chi connectivity index (χ3v) is 6.13. The van der Waals surface area contributed by atoms with E-state index in [2.05, 4.69) is 15.4 Å². The molecule has 3 rings (SSSR count). The maximum Gasteiger partial charge on any atom is 0.407 e. The van der Waals surface area contributed by atoms with Gasteiger partial charge in [-0.05, 0) is 23.3 Å². The molecule has 7 nitrogen and oxygen atoms in total. The van der Waals surface area contributed by atoms with Gasteiger partial charge >= 0.3 is 6.09 Å². The van der Waals surface area contributed by atoms with Gasteiger partial charge in [0, 0.05) is 24.2 Å². The van der Waals surface area contributed by atoms with E-state index < -0.39 is 23.8 Å². The van der Waals surface area contributed by atoms with Gasteiger partial charge in [0.05, 0.1) is 0 Å². The van der Waals surface area contributed by atoms with E-state index in [0.29, 0.717) is 5.75 Å². The van der Waals surface area contributed by atoms with Crippen LogP contribution in [0.15, 0.2) is 67.3 Å². The molecular formula is C22H24Cl2N4O3. The molecule has 0 aliphatic carbocycles. The second-order valence-electron chi connectivity index (χ2n) is 7.27. The summed E-state index contributed by atoms with van der Waals surface area (Å²) in [4.78, 5) is 16.1. The van der Waals surface area contributed by atoms with Crippen LogP contribution >= 0.6 is 23.2 Å². The first-order valence-corrected chi connectivity index (χ1v) is 10.7. The summed E-state index contributed by atoms with van der Waals surface area (Å²) in [5.74, 6) is 0.844. The van der Waals surface area contributed by atoms with Crippen LogP contribution < -0.4 is 10.1 Å². The van der Waals surface area contributed by atoms with Crippen LogP contribution in [-0.2, 0) is 4.74 Å². The van der Waals surface area contributed by atoms with Gasteiger partial charge in [0.25, 0.3) is 0 Å². The molecule has 1 N–H and O–H groups in total. The average molecular weight is 463 g/mol. The molecule has 0 saturated carbocycles. The van der Waals surface area contributed by atoms with Crippen molar-refractivity contribution in [2.75, 3.05) is 18.8 Å². The summed E-state index contributed by atoms with van der Waals surface area (Å²) in [6.07, 6.45) is 0.554. The van der Waals surface area contributed by atoms with E-state index >= 15 is 0 Å². The predicted molar refractivity (Wildman–Crippen MR) is 120 cm³/mol. The fourth-order valence-electron chi connectivity index (χ4n) is 3.01. The first-order chi connectivity index (χ1) is 15.0. The van der Waals surface area contributed by atoms with Crippen molar-refractivity contribution in [3.05, 3.63) is 67.3 Å². The highest BCUT2D eigenvalue weighted by Gasteiger charge is 2.44. The van der Waals surface area contributed by atoms with Gasteiger partial charge in [-0.3, -0.25) is 0 Å². The minimum Gasteiger partial charge on any atom is -0.465 e. The number of benzene rings is 2. The number of hydrogen-bond donors (Lipinski definition) is 1. The molecule has 0 fully saturated rings. The lowest BCUT2D eigenvalue weighted by atomic mass is 9.87. The van der Waals surface area contributed by atoms with Gasteiger partial charge in [0.1, 0.15) is 18.4 Å². The number of carbonyl (C=O) groups is 1. The number of carbonyl (C=O) groups excluding carboxylic acids is 1. The molecule has 9 heteroatoms. The molecule has 2 aromatic carbocycles. The molecule has 1 amide bonds. The van der Waals surface area contributed by atoms with Crippen molar-refractivity contribution < 1.29 is 14.3 Å². The van der Waals surface area contributed by atoms with Crippen molar-refractivity contribution in [2.24, 2.45) is 5.41 Å². The molecule has 0 spiro atoms. The first kappa shape index (κ1) is 22.9. The molecule has 164 valence electrons. The molecule has 0 radical (unpaired) electrons. The molecule has 2 unspecified atom stereocenters. The molecule has 0 aliphatic heterocycles. The molecule has 3 aromatic rings. The zero-order valence-electron chi connectivity index (χ0n) is 17.2. The van der Waals surface area contributed by atoms with Gasteiger partial charge in [0.15, 0.2) is 6.10 Å². The maximum absolute atomic E-state index is 12.1. The Kier molecular flexibility index (Phi) is 7.76. The van der Waals surface area contributed by atoms with Crippen LogP contribution in [0.1, 0.15) is 13.2 Å². The van der Waals surface area contributed by atoms with E-state index in [-0.39, 0.29) is 11.8 Å². The zero-order chi connectivity index (χ0) is 22.3. The van der Waals surface area contributed by atoms with E-state index in [1.807, 2.05) is 61.5 Å². The number of alkyl halides is 2. The summed E-state index contributed by atoms with van der Waals surface area (Å²) in [5.41, 5.74) is 1.35. The third kappa shape index (κ3) is 5.48. The van der Waals surface area contributed by atoms with Gasteiger partial charge in [-0.15, -0.1) is 23.2 Å². The molecule has 1 aromatic heterocycles. The van der Waals surface area contributed by atoms with Crippen LogP contribution in [0, 0.1) is 5.41 Å². The van der Waals surface area contributed by atoms with Crippen LogP contribution in [0.25, 0.3) is 11.1 Å². The molecule has 0 aliphatic rings. The Hall–Kier alpha value is -2.77. The molecule has 0 saturated heterocycles. The van der Waals surface area contributed by atoms with E-state index in [1.54, 1.807) is 0 Å². The average Bonchev–Trinajstić information content (AvgIpc) is 3.36. The fraction of sp³-hybridized carbons (Fsp3) is 0.318. The minimum atomic E-state index is -0.849. The lowest BCUT2D eigenvalue weighted by molar-refractivity contribution is -0.0767. The maximum atomic E-state index is 12.1. The summed E-state index contributed by atoms with van der Waals surface area (Å²) in [7, 11) is 1.48. The summed E-state index contributed by atoms with van der Waals surface area (Å²) in [5, 5.41) is 6.65.